The van der Waals surface area contributed by atoms with Crippen LogP contribution in [0.1, 0.15) is 49.7 Å². The van der Waals surface area contributed by atoms with E-state index in [1.54, 1.807) is 0 Å². The summed E-state index contributed by atoms with van der Waals surface area (Å²) in [5.41, 5.74) is 9.17. The fourth-order valence-electron chi connectivity index (χ4n) is 2.85. The summed E-state index contributed by atoms with van der Waals surface area (Å²) in [6.07, 6.45) is 7.14. The predicted molar refractivity (Wildman–Crippen MR) is 91.2 cm³/mol. The van der Waals surface area contributed by atoms with E-state index in [0.29, 0.717) is 6.42 Å². The number of fused-ring (bicyclic) bond motifs is 1. The van der Waals surface area contributed by atoms with Crippen LogP contribution >= 0.6 is 12.4 Å². The minimum absolute atomic E-state index is 0. The molecule has 4 heteroatoms. The number of carbonyl (C=O) groups excluding carboxylic acids is 1. The number of rotatable bonds is 6. The van der Waals surface area contributed by atoms with E-state index in [2.05, 4.69) is 25.1 Å². The average molecular weight is 311 g/mol. The molecule has 0 saturated heterocycles. The zero-order valence-electron chi connectivity index (χ0n) is 12.9. The number of hydrogen-bond donors (Lipinski definition) is 1. The first-order valence-electron chi connectivity index (χ1n) is 7.82. The molecule has 1 amide bonds. The number of benzene rings is 1. The van der Waals surface area contributed by atoms with E-state index in [4.69, 9.17) is 5.73 Å². The van der Waals surface area contributed by atoms with Crippen molar-refractivity contribution in [2.45, 2.75) is 51.9 Å². The first-order chi connectivity index (χ1) is 9.72. The van der Waals surface area contributed by atoms with Crippen molar-refractivity contribution in [2.75, 3.05) is 18.0 Å². The lowest BCUT2D eigenvalue weighted by molar-refractivity contribution is -0.118. The average Bonchev–Trinajstić information content (AvgIpc) is 2.46. The summed E-state index contributed by atoms with van der Waals surface area (Å²) in [5.74, 6) is 0.282. The molecule has 2 N–H and O–H groups in total. The Hall–Kier alpha value is -1.06. The van der Waals surface area contributed by atoms with E-state index >= 15 is 0 Å². The number of carbonyl (C=O) groups is 1. The van der Waals surface area contributed by atoms with Gasteiger partial charge in [-0.25, -0.2) is 0 Å². The minimum atomic E-state index is 0. The van der Waals surface area contributed by atoms with Gasteiger partial charge in [0, 0.05) is 18.7 Å². The van der Waals surface area contributed by atoms with Crippen molar-refractivity contribution in [2.24, 2.45) is 5.73 Å². The van der Waals surface area contributed by atoms with Crippen LogP contribution in [0, 0.1) is 6.92 Å². The second-order valence-corrected chi connectivity index (χ2v) is 5.73. The molecule has 3 nitrogen and oxygen atoms in total. The van der Waals surface area contributed by atoms with Gasteiger partial charge >= 0.3 is 0 Å². The van der Waals surface area contributed by atoms with Crippen LogP contribution in [-0.2, 0) is 11.2 Å². The van der Waals surface area contributed by atoms with Crippen LogP contribution in [0.4, 0.5) is 5.69 Å². The van der Waals surface area contributed by atoms with Crippen molar-refractivity contribution in [3.05, 3.63) is 29.3 Å². The SMILES string of the molecule is Cc1ccc2c(c1)N(C(=O)CCCCCCN)CCC2.Cl. The zero-order chi connectivity index (χ0) is 14.4. The molecule has 1 aromatic rings. The van der Waals surface area contributed by atoms with Gasteiger partial charge in [0.2, 0.25) is 5.91 Å². The van der Waals surface area contributed by atoms with Crippen LogP contribution in [0.3, 0.4) is 0 Å². The molecule has 0 unspecified atom stereocenters. The highest BCUT2D eigenvalue weighted by Gasteiger charge is 2.21. The number of aryl methyl sites for hydroxylation is 2. The number of halogens is 1. The van der Waals surface area contributed by atoms with Gasteiger partial charge in [-0.15, -0.1) is 12.4 Å². The topological polar surface area (TPSA) is 46.3 Å². The monoisotopic (exact) mass is 310 g/mol. The third kappa shape index (κ3) is 5.01. The van der Waals surface area contributed by atoms with Crippen molar-refractivity contribution in [3.8, 4) is 0 Å². The first kappa shape index (κ1) is 18.0. The maximum atomic E-state index is 12.4. The zero-order valence-corrected chi connectivity index (χ0v) is 13.8. The summed E-state index contributed by atoms with van der Waals surface area (Å²) in [6, 6.07) is 6.46. The molecule has 1 aliphatic heterocycles. The smallest absolute Gasteiger partial charge is 0.226 e. The number of hydrogen-bond acceptors (Lipinski definition) is 2. The van der Waals surface area contributed by atoms with Crippen molar-refractivity contribution >= 4 is 24.0 Å². The van der Waals surface area contributed by atoms with E-state index in [1.807, 2.05) is 4.90 Å². The Kier molecular flexibility index (Phi) is 7.76. The van der Waals surface area contributed by atoms with Gasteiger partial charge in [-0.3, -0.25) is 4.79 Å². The largest absolute Gasteiger partial charge is 0.330 e. The molecule has 1 heterocycles. The molecular formula is C17H27ClN2O. The van der Waals surface area contributed by atoms with Crippen LogP contribution in [0.5, 0.6) is 0 Å². The molecule has 1 aliphatic rings. The van der Waals surface area contributed by atoms with Gasteiger partial charge in [-0.2, -0.15) is 0 Å². The number of unbranched alkanes of at least 4 members (excludes halogenated alkanes) is 3. The summed E-state index contributed by atoms with van der Waals surface area (Å²) in [6.45, 7) is 3.72. The molecule has 0 spiro atoms. The Bertz CT molecular complexity index is 462. The van der Waals surface area contributed by atoms with Gasteiger partial charge in [0.25, 0.3) is 0 Å². The fraction of sp³-hybridized carbons (Fsp3) is 0.588. The maximum absolute atomic E-state index is 12.4. The van der Waals surface area contributed by atoms with Gasteiger partial charge < -0.3 is 10.6 Å². The predicted octanol–water partition coefficient (Wildman–Crippen LogP) is 3.61. The van der Waals surface area contributed by atoms with E-state index < -0.39 is 0 Å². The Morgan fingerprint density at radius 2 is 2.00 bits per heavy atom. The Morgan fingerprint density at radius 3 is 2.76 bits per heavy atom. The lowest BCUT2D eigenvalue weighted by atomic mass is 9.99. The van der Waals surface area contributed by atoms with Gasteiger partial charge in [-0.05, 0) is 56.3 Å². The lowest BCUT2D eigenvalue weighted by Gasteiger charge is -2.30. The number of nitrogens with two attached hydrogens (primary N) is 1. The van der Waals surface area contributed by atoms with Gasteiger partial charge in [0.1, 0.15) is 0 Å². The molecule has 1 aromatic carbocycles. The van der Waals surface area contributed by atoms with Crippen LogP contribution in [0.15, 0.2) is 18.2 Å². The van der Waals surface area contributed by atoms with E-state index in [1.165, 1.54) is 11.1 Å². The molecule has 2 rings (SSSR count). The third-order valence-corrected chi connectivity index (χ3v) is 4.01. The molecular weight excluding hydrogens is 284 g/mol. The summed E-state index contributed by atoms with van der Waals surface area (Å²) in [5, 5.41) is 0. The molecule has 0 bridgehead atoms. The summed E-state index contributed by atoms with van der Waals surface area (Å²) in [4.78, 5) is 14.4. The first-order valence-corrected chi connectivity index (χ1v) is 7.82. The number of anilines is 1. The minimum Gasteiger partial charge on any atom is -0.330 e. The second-order valence-electron chi connectivity index (χ2n) is 5.73. The molecule has 0 aromatic heterocycles. The van der Waals surface area contributed by atoms with Crippen LogP contribution in [-0.4, -0.2) is 19.0 Å². The van der Waals surface area contributed by atoms with Crippen LogP contribution in [0.2, 0.25) is 0 Å². The Balaban J connectivity index is 0.00000220. The van der Waals surface area contributed by atoms with Crippen molar-refractivity contribution in [3.63, 3.8) is 0 Å². The van der Waals surface area contributed by atoms with Crippen LogP contribution in [0.25, 0.3) is 0 Å². The van der Waals surface area contributed by atoms with Crippen molar-refractivity contribution in [1.29, 1.82) is 0 Å². The quantitative estimate of drug-likeness (QED) is 0.816. The Morgan fingerprint density at radius 1 is 1.24 bits per heavy atom. The molecule has 0 atom stereocenters. The summed E-state index contributed by atoms with van der Waals surface area (Å²) in [7, 11) is 0. The van der Waals surface area contributed by atoms with Crippen molar-refractivity contribution < 1.29 is 4.79 Å². The molecule has 0 fully saturated rings. The fourth-order valence-corrected chi connectivity index (χ4v) is 2.85. The molecule has 0 aliphatic carbocycles. The summed E-state index contributed by atoms with van der Waals surface area (Å²) >= 11 is 0. The molecule has 21 heavy (non-hydrogen) atoms. The maximum Gasteiger partial charge on any atom is 0.226 e. The van der Waals surface area contributed by atoms with Crippen LogP contribution < -0.4 is 10.6 Å². The standard InChI is InChI=1S/C17H26N2O.ClH/c1-14-9-10-15-7-6-12-19(16(15)13-14)17(20)8-4-2-3-5-11-18;/h9-10,13H,2-8,11-12,18H2,1H3;1H. The highest BCUT2D eigenvalue weighted by atomic mass is 35.5. The van der Waals surface area contributed by atoms with E-state index in [9.17, 15) is 4.79 Å². The van der Waals surface area contributed by atoms with Crippen molar-refractivity contribution in [1.82, 2.24) is 0 Å². The number of amides is 1. The Labute approximate surface area is 134 Å². The third-order valence-electron chi connectivity index (χ3n) is 4.01. The lowest BCUT2D eigenvalue weighted by Crippen LogP contribution is -2.35. The highest BCUT2D eigenvalue weighted by Crippen LogP contribution is 2.28. The van der Waals surface area contributed by atoms with Gasteiger partial charge in [-0.1, -0.05) is 25.0 Å². The van der Waals surface area contributed by atoms with Gasteiger partial charge in [0.05, 0.1) is 0 Å². The molecule has 0 saturated carbocycles. The molecule has 118 valence electrons. The van der Waals surface area contributed by atoms with E-state index in [0.717, 1.165) is 57.3 Å². The molecule has 0 radical (unpaired) electrons. The highest BCUT2D eigenvalue weighted by molar-refractivity contribution is 5.94. The summed E-state index contributed by atoms with van der Waals surface area (Å²) < 4.78 is 0. The number of nitrogens with zero attached hydrogens (tertiary/aromatic N) is 1. The van der Waals surface area contributed by atoms with E-state index in [-0.39, 0.29) is 18.3 Å². The van der Waals surface area contributed by atoms with Gasteiger partial charge in [0.15, 0.2) is 0 Å². The normalized spacial score (nSPS) is 13.5. The second kappa shape index (κ2) is 9.06.